The summed E-state index contributed by atoms with van der Waals surface area (Å²) < 4.78 is 5.30. The molecule has 1 unspecified atom stereocenters. The highest BCUT2D eigenvalue weighted by Crippen LogP contribution is 2.34. The van der Waals surface area contributed by atoms with Gasteiger partial charge in [0, 0.05) is 5.92 Å². The van der Waals surface area contributed by atoms with Crippen LogP contribution in [0.3, 0.4) is 0 Å². The molecule has 0 N–H and O–H groups in total. The van der Waals surface area contributed by atoms with Crippen LogP contribution in [-0.4, -0.2) is 7.11 Å². The van der Waals surface area contributed by atoms with Crippen molar-refractivity contribution >= 4 is 0 Å². The van der Waals surface area contributed by atoms with E-state index in [1.807, 2.05) is 12.1 Å². The molecule has 1 atom stereocenters. The van der Waals surface area contributed by atoms with E-state index < -0.39 is 0 Å². The highest BCUT2D eigenvalue weighted by atomic mass is 16.5. The fraction of sp³-hybridized carbons (Fsp3) is 0.182. The first kappa shape index (κ1) is 15.4. The molecule has 0 aliphatic heterocycles. The zero-order valence-electron chi connectivity index (χ0n) is 13.9. The number of ether oxygens (including phenoxy) is 1. The maximum Gasteiger partial charge on any atom is 0.118 e. The van der Waals surface area contributed by atoms with Gasteiger partial charge in [-0.2, -0.15) is 0 Å². The van der Waals surface area contributed by atoms with Crippen LogP contribution in [0.1, 0.15) is 33.7 Å². The van der Waals surface area contributed by atoms with Crippen LogP contribution < -0.4 is 4.74 Å². The lowest BCUT2D eigenvalue weighted by Gasteiger charge is -2.21. The molecular weight excluding hydrogens is 280 g/mol. The highest BCUT2D eigenvalue weighted by Gasteiger charge is 2.18. The summed E-state index contributed by atoms with van der Waals surface area (Å²) in [7, 11) is 1.70. The van der Waals surface area contributed by atoms with Gasteiger partial charge in [-0.15, -0.1) is 0 Å². The Hall–Kier alpha value is -2.54. The summed E-state index contributed by atoms with van der Waals surface area (Å²) >= 11 is 0. The summed E-state index contributed by atoms with van der Waals surface area (Å²) in [5.74, 6) is 1.13. The van der Waals surface area contributed by atoms with E-state index in [0.717, 1.165) is 5.75 Å². The molecule has 0 fully saturated rings. The zero-order chi connectivity index (χ0) is 16.2. The minimum absolute atomic E-state index is 0.238. The van der Waals surface area contributed by atoms with Gasteiger partial charge < -0.3 is 4.74 Å². The average molecular weight is 302 g/mol. The molecule has 116 valence electrons. The minimum Gasteiger partial charge on any atom is -0.497 e. The van der Waals surface area contributed by atoms with Crippen molar-refractivity contribution in [2.45, 2.75) is 19.8 Å². The molecule has 1 heteroatoms. The summed E-state index contributed by atoms with van der Waals surface area (Å²) in [5.41, 5.74) is 6.57. The Labute approximate surface area is 138 Å². The summed E-state index contributed by atoms with van der Waals surface area (Å²) in [6, 6.07) is 25.8. The monoisotopic (exact) mass is 302 g/mol. The molecular formula is C22H22O. The van der Waals surface area contributed by atoms with E-state index in [1.165, 1.54) is 27.8 Å². The van der Waals surface area contributed by atoms with Crippen molar-refractivity contribution in [3.8, 4) is 5.75 Å². The summed E-state index contributed by atoms with van der Waals surface area (Å²) in [6.07, 6.45) is 0. The number of hydrogen-bond acceptors (Lipinski definition) is 1. The Morgan fingerprint density at radius 3 is 2.04 bits per heavy atom. The van der Waals surface area contributed by atoms with E-state index in [-0.39, 0.29) is 5.92 Å². The average Bonchev–Trinajstić information content (AvgIpc) is 2.60. The van der Waals surface area contributed by atoms with Crippen LogP contribution in [0.25, 0.3) is 0 Å². The molecule has 3 aromatic rings. The van der Waals surface area contributed by atoms with Gasteiger partial charge in [-0.1, -0.05) is 66.2 Å². The number of aryl methyl sites for hydroxylation is 2. The molecule has 0 saturated heterocycles. The van der Waals surface area contributed by atoms with Crippen molar-refractivity contribution in [3.05, 3.63) is 101 Å². The van der Waals surface area contributed by atoms with E-state index in [9.17, 15) is 0 Å². The second-order valence-corrected chi connectivity index (χ2v) is 5.98. The van der Waals surface area contributed by atoms with Gasteiger partial charge in [0.1, 0.15) is 5.75 Å². The lowest BCUT2D eigenvalue weighted by Crippen LogP contribution is -2.05. The van der Waals surface area contributed by atoms with Crippen LogP contribution in [0.5, 0.6) is 5.75 Å². The zero-order valence-corrected chi connectivity index (χ0v) is 13.9. The third-order valence-corrected chi connectivity index (χ3v) is 4.33. The second kappa shape index (κ2) is 6.70. The summed E-state index contributed by atoms with van der Waals surface area (Å²) in [5, 5.41) is 0. The molecule has 1 nitrogen and oxygen atoms in total. The maximum absolute atomic E-state index is 5.30. The Kier molecular flexibility index (Phi) is 4.47. The van der Waals surface area contributed by atoms with Crippen LogP contribution in [-0.2, 0) is 0 Å². The fourth-order valence-corrected chi connectivity index (χ4v) is 3.06. The predicted octanol–water partition coefficient (Wildman–Crippen LogP) is 5.49. The highest BCUT2D eigenvalue weighted by molar-refractivity contribution is 5.48. The molecule has 23 heavy (non-hydrogen) atoms. The van der Waals surface area contributed by atoms with Crippen LogP contribution in [0.4, 0.5) is 0 Å². The van der Waals surface area contributed by atoms with Crippen LogP contribution in [0.2, 0.25) is 0 Å². The van der Waals surface area contributed by atoms with Gasteiger partial charge >= 0.3 is 0 Å². The van der Waals surface area contributed by atoms with Gasteiger partial charge in [-0.3, -0.25) is 0 Å². The first-order chi connectivity index (χ1) is 11.2. The molecule has 0 amide bonds. The van der Waals surface area contributed by atoms with Gasteiger partial charge in [0.25, 0.3) is 0 Å². The number of rotatable bonds is 4. The predicted molar refractivity (Wildman–Crippen MR) is 96.3 cm³/mol. The smallest absolute Gasteiger partial charge is 0.118 e. The van der Waals surface area contributed by atoms with Crippen molar-refractivity contribution in [2.24, 2.45) is 0 Å². The molecule has 3 aromatic carbocycles. The Morgan fingerprint density at radius 1 is 0.739 bits per heavy atom. The van der Waals surface area contributed by atoms with Crippen molar-refractivity contribution in [2.75, 3.05) is 7.11 Å². The SMILES string of the molecule is COc1ccc(C(c2ccccc2)c2cc(C)ccc2C)cc1. The Bertz CT molecular complexity index is 773. The molecule has 0 bridgehead atoms. The molecule has 3 rings (SSSR count). The minimum atomic E-state index is 0.238. The maximum atomic E-state index is 5.30. The normalized spacial score (nSPS) is 12.0. The van der Waals surface area contributed by atoms with Gasteiger partial charge in [-0.05, 0) is 48.2 Å². The molecule has 0 aliphatic rings. The number of methoxy groups -OCH3 is 1. The lowest BCUT2D eigenvalue weighted by atomic mass is 9.82. The van der Waals surface area contributed by atoms with E-state index >= 15 is 0 Å². The molecule has 0 heterocycles. The van der Waals surface area contributed by atoms with E-state index in [4.69, 9.17) is 4.74 Å². The van der Waals surface area contributed by atoms with Crippen LogP contribution in [0, 0.1) is 13.8 Å². The Morgan fingerprint density at radius 2 is 1.39 bits per heavy atom. The van der Waals surface area contributed by atoms with Gasteiger partial charge in [0.15, 0.2) is 0 Å². The molecule has 0 aliphatic carbocycles. The number of benzene rings is 3. The fourth-order valence-electron chi connectivity index (χ4n) is 3.06. The quantitative estimate of drug-likeness (QED) is 0.579. The van der Waals surface area contributed by atoms with E-state index in [0.29, 0.717) is 0 Å². The van der Waals surface area contributed by atoms with Gasteiger partial charge in [-0.25, -0.2) is 0 Å². The third-order valence-electron chi connectivity index (χ3n) is 4.33. The molecule has 0 saturated carbocycles. The van der Waals surface area contributed by atoms with Crippen molar-refractivity contribution in [3.63, 3.8) is 0 Å². The van der Waals surface area contributed by atoms with E-state index in [2.05, 4.69) is 74.5 Å². The first-order valence-corrected chi connectivity index (χ1v) is 7.95. The summed E-state index contributed by atoms with van der Waals surface area (Å²) in [6.45, 7) is 4.34. The largest absolute Gasteiger partial charge is 0.497 e. The van der Waals surface area contributed by atoms with Gasteiger partial charge in [0.05, 0.1) is 7.11 Å². The first-order valence-electron chi connectivity index (χ1n) is 7.95. The molecule has 0 aromatic heterocycles. The van der Waals surface area contributed by atoms with E-state index in [1.54, 1.807) is 7.11 Å². The Balaban J connectivity index is 2.15. The number of hydrogen-bond donors (Lipinski definition) is 0. The molecule has 0 radical (unpaired) electrons. The second-order valence-electron chi connectivity index (χ2n) is 5.98. The third kappa shape index (κ3) is 3.29. The van der Waals surface area contributed by atoms with Gasteiger partial charge in [0.2, 0.25) is 0 Å². The van der Waals surface area contributed by atoms with Crippen molar-refractivity contribution in [1.29, 1.82) is 0 Å². The molecule has 0 spiro atoms. The lowest BCUT2D eigenvalue weighted by molar-refractivity contribution is 0.414. The van der Waals surface area contributed by atoms with Crippen molar-refractivity contribution < 1.29 is 4.74 Å². The van der Waals surface area contributed by atoms with Crippen LogP contribution in [0.15, 0.2) is 72.8 Å². The van der Waals surface area contributed by atoms with Crippen LogP contribution >= 0.6 is 0 Å². The van der Waals surface area contributed by atoms with Crippen molar-refractivity contribution in [1.82, 2.24) is 0 Å². The summed E-state index contributed by atoms with van der Waals surface area (Å²) in [4.78, 5) is 0. The standard InChI is InChI=1S/C22H22O/c1-16-9-10-17(2)21(15-16)22(18-7-5-4-6-8-18)19-11-13-20(23-3)14-12-19/h4-15,22H,1-3H3. The topological polar surface area (TPSA) is 9.23 Å².